The summed E-state index contributed by atoms with van der Waals surface area (Å²) in [5.74, 6) is -0.217. The number of amides is 1. The first-order chi connectivity index (χ1) is 11.1. The number of rotatable bonds is 4. The van der Waals surface area contributed by atoms with E-state index >= 15 is 0 Å². The molecule has 0 bridgehead atoms. The van der Waals surface area contributed by atoms with Crippen molar-refractivity contribution in [1.29, 1.82) is 0 Å². The second-order valence-corrected chi connectivity index (χ2v) is 5.98. The fraction of sp³-hybridized carbons (Fsp3) is 0.176. The third-order valence-electron chi connectivity index (χ3n) is 3.48. The number of nitrogens with one attached hydrogen (secondary N) is 1. The summed E-state index contributed by atoms with van der Waals surface area (Å²) < 4.78 is 1.80. The minimum absolute atomic E-state index is 0.217. The minimum atomic E-state index is -0.217. The zero-order valence-electron chi connectivity index (χ0n) is 12.5. The number of aromatic nitrogens is 2. The molecule has 23 heavy (non-hydrogen) atoms. The van der Waals surface area contributed by atoms with Crippen molar-refractivity contribution in [3.63, 3.8) is 0 Å². The molecule has 0 unspecified atom stereocenters. The third kappa shape index (κ3) is 3.19. The predicted octanol–water partition coefficient (Wildman–Crippen LogP) is 4.85. The van der Waals surface area contributed by atoms with Gasteiger partial charge in [-0.2, -0.15) is 0 Å². The van der Waals surface area contributed by atoms with Gasteiger partial charge in [0, 0.05) is 11.9 Å². The molecular formula is C17H15Cl2N3O. The first kappa shape index (κ1) is 15.8. The van der Waals surface area contributed by atoms with Gasteiger partial charge in [0.25, 0.3) is 5.91 Å². The molecule has 0 spiro atoms. The summed E-state index contributed by atoms with van der Waals surface area (Å²) in [7, 11) is 0. The van der Waals surface area contributed by atoms with Crippen molar-refractivity contribution >= 4 is 40.4 Å². The number of imidazole rings is 1. The lowest BCUT2D eigenvalue weighted by Gasteiger charge is -2.08. The lowest BCUT2D eigenvalue weighted by molar-refractivity contribution is 0.102. The summed E-state index contributed by atoms with van der Waals surface area (Å²) in [4.78, 5) is 17.3. The number of halogens is 2. The van der Waals surface area contributed by atoms with Gasteiger partial charge < -0.3 is 5.32 Å². The maximum atomic E-state index is 12.7. The van der Waals surface area contributed by atoms with Crippen LogP contribution in [-0.2, 0) is 6.42 Å². The molecule has 1 amide bonds. The molecule has 118 valence electrons. The van der Waals surface area contributed by atoms with E-state index in [-0.39, 0.29) is 5.91 Å². The molecule has 4 nitrogen and oxygen atoms in total. The number of nitrogens with zero attached hydrogens (tertiary/aromatic N) is 2. The van der Waals surface area contributed by atoms with Crippen molar-refractivity contribution in [3.05, 3.63) is 64.0 Å². The van der Waals surface area contributed by atoms with E-state index in [1.807, 2.05) is 24.4 Å². The molecular weight excluding hydrogens is 333 g/mol. The standard InChI is InChI=1S/C17H15Cl2N3O/c1-2-5-14-16(22-9-4-3-6-15(22)21-14)17(23)20-11-7-8-12(18)13(19)10-11/h3-4,6-10H,2,5H2,1H3,(H,20,23). The molecule has 6 heteroatoms. The summed E-state index contributed by atoms with van der Waals surface area (Å²) >= 11 is 11.9. The van der Waals surface area contributed by atoms with Gasteiger partial charge >= 0.3 is 0 Å². The Bertz CT molecular complexity index is 873. The molecule has 1 aromatic carbocycles. The quantitative estimate of drug-likeness (QED) is 0.733. The summed E-state index contributed by atoms with van der Waals surface area (Å²) in [6.07, 6.45) is 3.49. The van der Waals surface area contributed by atoms with Crippen LogP contribution >= 0.6 is 23.2 Å². The molecule has 0 atom stereocenters. The number of hydrogen-bond donors (Lipinski definition) is 1. The highest BCUT2D eigenvalue weighted by atomic mass is 35.5. The van der Waals surface area contributed by atoms with E-state index in [1.165, 1.54) is 0 Å². The summed E-state index contributed by atoms with van der Waals surface area (Å²) in [6.45, 7) is 2.06. The summed E-state index contributed by atoms with van der Waals surface area (Å²) in [5.41, 5.74) is 2.69. The van der Waals surface area contributed by atoms with Crippen molar-refractivity contribution < 1.29 is 4.79 Å². The molecule has 1 N–H and O–H groups in total. The largest absolute Gasteiger partial charge is 0.321 e. The smallest absolute Gasteiger partial charge is 0.274 e. The average Bonchev–Trinajstić information content (AvgIpc) is 2.89. The van der Waals surface area contributed by atoms with E-state index in [4.69, 9.17) is 23.2 Å². The van der Waals surface area contributed by atoms with Crippen LogP contribution in [0.4, 0.5) is 5.69 Å². The van der Waals surface area contributed by atoms with Gasteiger partial charge in [0.15, 0.2) is 0 Å². The van der Waals surface area contributed by atoms with Crippen molar-refractivity contribution in [2.24, 2.45) is 0 Å². The molecule has 0 aliphatic heterocycles. The molecule has 2 heterocycles. The number of anilines is 1. The number of pyridine rings is 1. The van der Waals surface area contributed by atoms with Crippen molar-refractivity contribution in [2.75, 3.05) is 5.32 Å². The Labute approximate surface area is 144 Å². The topological polar surface area (TPSA) is 46.4 Å². The fourth-order valence-corrected chi connectivity index (χ4v) is 2.76. The van der Waals surface area contributed by atoms with Crippen LogP contribution in [0.25, 0.3) is 5.65 Å². The van der Waals surface area contributed by atoms with Crippen LogP contribution in [0.15, 0.2) is 42.6 Å². The average molecular weight is 348 g/mol. The normalized spacial score (nSPS) is 10.9. The number of carbonyl (C=O) groups excluding carboxylic acids is 1. The summed E-state index contributed by atoms with van der Waals surface area (Å²) in [5, 5.41) is 3.71. The van der Waals surface area contributed by atoms with E-state index in [0.717, 1.165) is 24.2 Å². The van der Waals surface area contributed by atoms with E-state index in [2.05, 4.69) is 17.2 Å². The van der Waals surface area contributed by atoms with Crippen LogP contribution in [0, 0.1) is 0 Å². The zero-order chi connectivity index (χ0) is 16.4. The molecule has 0 saturated heterocycles. The Morgan fingerprint density at radius 2 is 2.04 bits per heavy atom. The molecule has 0 aliphatic rings. The Balaban J connectivity index is 1.99. The fourth-order valence-electron chi connectivity index (χ4n) is 2.46. The van der Waals surface area contributed by atoms with Crippen molar-refractivity contribution in [2.45, 2.75) is 19.8 Å². The maximum absolute atomic E-state index is 12.7. The van der Waals surface area contributed by atoms with Crippen molar-refractivity contribution in [1.82, 2.24) is 9.38 Å². The van der Waals surface area contributed by atoms with Crippen LogP contribution < -0.4 is 5.32 Å². The second kappa shape index (κ2) is 6.60. The minimum Gasteiger partial charge on any atom is -0.321 e. The van der Waals surface area contributed by atoms with Gasteiger partial charge in [-0.05, 0) is 36.8 Å². The van der Waals surface area contributed by atoms with Gasteiger partial charge in [-0.1, -0.05) is 42.6 Å². The number of benzene rings is 1. The highest BCUT2D eigenvalue weighted by Gasteiger charge is 2.18. The van der Waals surface area contributed by atoms with Crippen LogP contribution in [0.5, 0.6) is 0 Å². The Kier molecular flexibility index (Phi) is 4.55. The van der Waals surface area contributed by atoms with Crippen LogP contribution in [-0.4, -0.2) is 15.3 Å². The van der Waals surface area contributed by atoms with Crippen LogP contribution in [0.3, 0.4) is 0 Å². The predicted molar refractivity (Wildman–Crippen MR) is 93.6 cm³/mol. The molecule has 3 aromatic rings. The first-order valence-corrected chi connectivity index (χ1v) is 8.08. The van der Waals surface area contributed by atoms with Gasteiger partial charge in [-0.3, -0.25) is 9.20 Å². The second-order valence-electron chi connectivity index (χ2n) is 5.17. The zero-order valence-corrected chi connectivity index (χ0v) is 14.0. The molecule has 0 saturated carbocycles. The van der Waals surface area contributed by atoms with E-state index < -0.39 is 0 Å². The number of carbonyl (C=O) groups is 1. The monoisotopic (exact) mass is 347 g/mol. The first-order valence-electron chi connectivity index (χ1n) is 7.32. The number of hydrogen-bond acceptors (Lipinski definition) is 2. The lowest BCUT2D eigenvalue weighted by atomic mass is 10.2. The molecule has 0 fully saturated rings. The number of fused-ring (bicyclic) bond motifs is 1. The maximum Gasteiger partial charge on any atom is 0.274 e. The summed E-state index contributed by atoms with van der Waals surface area (Å²) in [6, 6.07) is 10.7. The van der Waals surface area contributed by atoms with Crippen LogP contribution in [0.1, 0.15) is 29.5 Å². The molecule has 0 radical (unpaired) electrons. The molecule has 0 aliphatic carbocycles. The van der Waals surface area contributed by atoms with Crippen LogP contribution in [0.2, 0.25) is 10.0 Å². The Morgan fingerprint density at radius 3 is 2.78 bits per heavy atom. The van der Waals surface area contributed by atoms with Gasteiger partial charge in [0.1, 0.15) is 11.3 Å². The Hall–Kier alpha value is -2.04. The van der Waals surface area contributed by atoms with E-state index in [9.17, 15) is 4.79 Å². The SMILES string of the molecule is CCCc1nc2ccccn2c1C(=O)Nc1ccc(Cl)c(Cl)c1. The highest BCUT2D eigenvalue weighted by Crippen LogP contribution is 2.25. The van der Waals surface area contributed by atoms with Gasteiger partial charge in [0.2, 0.25) is 0 Å². The molecule has 2 aromatic heterocycles. The highest BCUT2D eigenvalue weighted by molar-refractivity contribution is 6.42. The number of aryl methyl sites for hydroxylation is 1. The molecule has 3 rings (SSSR count). The Morgan fingerprint density at radius 1 is 1.22 bits per heavy atom. The van der Waals surface area contributed by atoms with Gasteiger partial charge in [0.05, 0.1) is 15.7 Å². The van der Waals surface area contributed by atoms with Crippen molar-refractivity contribution in [3.8, 4) is 0 Å². The third-order valence-corrected chi connectivity index (χ3v) is 4.22. The van der Waals surface area contributed by atoms with Gasteiger partial charge in [-0.25, -0.2) is 4.98 Å². The van der Waals surface area contributed by atoms with E-state index in [0.29, 0.717) is 21.4 Å². The van der Waals surface area contributed by atoms with Gasteiger partial charge in [-0.15, -0.1) is 0 Å². The lowest BCUT2D eigenvalue weighted by Crippen LogP contribution is -2.16. The van der Waals surface area contributed by atoms with E-state index in [1.54, 1.807) is 22.6 Å².